The van der Waals surface area contributed by atoms with Crippen LogP contribution in [0.15, 0.2) is 48.5 Å². The number of amides is 2. The van der Waals surface area contributed by atoms with E-state index in [0.717, 1.165) is 24.9 Å². The fourth-order valence-corrected chi connectivity index (χ4v) is 3.45. The Hall–Kier alpha value is -3.07. The fourth-order valence-electron chi connectivity index (χ4n) is 3.45. The molecule has 0 radical (unpaired) electrons. The Morgan fingerprint density at radius 3 is 2.39 bits per heavy atom. The number of nitrogens with zero attached hydrogens (tertiary/aromatic N) is 1. The predicted octanol–water partition coefficient (Wildman–Crippen LogP) is 3.58. The second-order valence-electron chi connectivity index (χ2n) is 7.56. The molecule has 3 N–H and O–H groups in total. The molecule has 1 aliphatic heterocycles. The standard InChI is InChI=1S/C22H24F3N3O3/c23-22(24,25)14-31-19-9-5-16(6-10-19)21(30)27-18-7-3-15(4-8-18)12-28-11-1-2-17(13-28)20(26)29/h3-10,17H,1-2,11-14H2,(H2,26,29)(H,27,30). The normalized spacial score (nSPS) is 17.2. The average Bonchev–Trinajstić information content (AvgIpc) is 2.73. The molecule has 2 amide bonds. The van der Waals surface area contributed by atoms with Crippen LogP contribution >= 0.6 is 0 Å². The first kappa shape index (κ1) is 22.6. The van der Waals surface area contributed by atoms with E-state index >= 15 is 0 Å². The third-order valence-electron chi connectivity index (χ3n) is 5.04. The molecule has 2 aromatic rings. The van der Waals surface area contributed by atoms with E-state index in [4.69, 9.17) is 5.73 Å². The van der Waals surface area contributed by atoms with E-state index in [1.807, 2.05) is 12.1 Å². The van der Waals surface area contributed by atoms with Gasteiger partial charge in [-0.05, 0) is 61.3 Å². The van der Waals surface area contributed by atoms with E-state index in [-0.39, 0.29) is 23.5 Å². The highest BCUT2D eigenvalue weighted by Crippen LogP contribution is 2.21. The molecule has 0 bridgehead atoms. The number of hydrogen-bond acceptors (Lipinski definition) is 4. The van der Waals surface area contributed by atoms with E-state index in [1.54, 1.807) is 12.1 Å². The Balaban J connectivity index is 1.52. The molecule has 2 aromatic carbocycles. The van der Waals surface area contributed by atoms with Crippen LogP contribution in [0.3, 0.4) is 0 Å². The summed E-state index contributed by atoms with van der Waals surface area (Å²) < 4.78 is 41.2. The smallest absolute Gasteiger partial charge is 0.422 e. The topological polar surface area (TPSA) is 84.7 Å². The lowest BCUT2D eigenvalue weighted by atomic mass is 9.97. The van der Waals surface area contributed by atoms with E-state index in [2.05, 4.69) is 15.0 Å². The molecule has 1 unspecified atom stereocenters. The molecule has 1 atom stereocenters. The van der Waals surface area contributed by atoms with Crippen LogP contribution in [0, 0.1) is 5.92 Å². The molecule has 9 heteroatoms. The summed E-state index contributed by atoms with van der Waals surface area (Å²) in [4.78, 5) is 26.0. The third-order valence-corrected chi connectivity index (χ3v) is 5.04. The molecule has 166 valence electrons. The second kappa shape index (κ2) is 9.82. The predicted molar refractivity (Wildman–Crippen MR) is 110 cm³/mol. The van der Waals surface area contributed by atoms with Crippen LogP contribution in [0.4, 0.5) is 18.9 Å². The van der Waals surface area contributed by atoms with Gasteiger partial charge in [0.05, 0.1) is 5.92 Å². The van der Waals surface area contributed by atoms with E-state index in [1.165, 1.54) is 24.3 Å². The number of benzene rings is 2. The maximum absolute atomic E-state index is 12.4. The quantitative estimate of drug-likeness (QED) is 0.696. The lowest BCUT2D eigenvalue weighted by molar-refractivity contribution is -0.153. The molecule has 1 saturated heterocycles. The number of nitrogens with one attached hydrogen (secondary N) is 1. The van der Waals surface area contributed by atoms with Gasteiger partial charge in [-0.2, -0.15) is 13.2 Å². The van der Waals surface area contributed by atoms with Crippen molar-refractivity contribution in [2.75, 3.05) is 25.0 Å². The average molecular weight is 435 g/mol. The van der Waals surface area contributed by atoms with Crippen molar-refractivity contribution in [3.8, 4) is 5.75 Å². The molecule has 3 rings (SSSR count). The van der Waals surface area contributed by atoms with Gasteiger partial charge >= 0.3 is 6.18 Å². The summed E-state index contributed by atoms with van der Waals surface area (Å²) in [5.74, 6) is -0.717. The maximum atomic E-state index is 12.4. The first-order valence-corrected chi connectivity index (χ1v) is 9.91. The van der Waals surface area contributed by atoms with Crippen LogP contribution in [0.25, 0.3) is 0 Å². The Labute approximate surface area is 178 Å². The first-order valence-electron chi connectivity index (χ1n) is 9.91. The molecular weight excluding hydrogens is 411 g/mol. The van der Waals surface area contributed by atoms with Gasteiger partial charge < -0.3 is 15.8 Å². The van der Waals surface area contributed by atoms with Gasteiger partial charge in [-0.15, -0.1) is 0 Å². The lowest BCUT2D eigenvalue weighted by Gasteiger charge is -2.31. The lowest BCUT2D eigenvalue weighted by Crippen LogP contribution is -2.40. The zero-order valence-electron chi connectivity index (χ0n) is 16.8. The zero-order chi connectivity index (χ0) is 22.4. The molecule has 1 fully saturated rings. The largest absolute Gasteiger partial charge is 0.484 e. The summed E-state index contributed by atoms with van der Waals surface area (Å²) in [6.07, 6.45) is -2.66. The van der Waals surface area contributed by atoms with Gasteiger partial charge in [0.1, 0.15) is 5.75 Å². The minimum absolute atomic E-state index is 0.0366. The summed E-state index contributed by atoms with van der Waals surface area (Å²) in [7, 11) is 0. The number of halogens is 3. The molecule has 0 saturated carbocycles. The number of anilines is 1. The molecule has 0 spiro atoms. The van der Waals surface area contributed by atoms with Gasteiger partial charge in [0, 0.05) is 24.3 Å². The monoisotopic (exact) mass is 435 g/mol. The van der Waals surface area contributed by atoms with Crippen LogP contribution in [0.2, 0.25) is 0 Å². The van der Waals surface area contributed by atoms with Crippen molar-refractivity contribution in [1.82, 2.24) is 4.90 Å². The number of primary amides is 1. The van der Waals surface area contributed by atoms with Crippen LogP contribution in [-0.2, 0) is 11.3 Å². The molecule has 0 aliphatic carbocycles. The first-order chi connectivity index (χ1) is 14.7. The summed E-state index contributed by atoms with van der Waals surface area (Å²) in [6.45, 7) is 0.865. The van der Waals surface area contributed by atoms with Crippen molar-refractivity contribution in [2.24, 2.45) is 11.7 Å². The highest BCUT2D eigenvalue weighted by atomic mass is 19.4. The summed E-state index contributed by atoms with van der Waals surface area (Å²) in [6, 6.07) is 12.8. The number of rotatable bonds is 7. The number of carbonyl (C=O) groups excluding carboxylic acids is 2. The van der Waals surface area contributed by atoms with Gasteiger partial charge in [0.15, 0.2) is 6.61 Å². The molecular formula is C22H24F3N3O3. The Morgan fingerprint density at radius 2 is 1.77 bits per heavy atom. The molecule has 0 aromatic heterocycles. The number of nitrogens with two attached hydrogens (primary N) is 1. The minimum atomic E-state index is -4.42. The second-order valence-corrected chi connectivity index (χ2v) is 7.56. The van der Waals surface area contributed by atoms with Gasteiger partial charge in [0.25, 0.3) is 5.91 Å². The molecule has 1 heterocycles. The number of piperidine rings is 1. The van der Waals surface area contributed by atoms with E-state index < -0.39 is 12.8 Å². The summed E-state index contributed by atoms with van der Waals surface area (Å²) in [5, 5.41) is 2.75. The number of alkyl halides is 3. The highest BCUT2D eigenvalue weighted by molar-refractivity contribution is 6.04. The molecule has 1 aliphatic rings. The van der Waals surface area contributed by atoms with Crippen LogP contribution in [0.1, 0.15) is 28.8 Å². The number of hydrogen-bond donors (Lipinski definition) is 2. The fraction of sp³-hybridized carbons (Fsp3) is 0.364. The molecule has 6 nitrogen and oxygen atoms in total. The van der Waals surface area contributed by atoms with Crippen LogP contribution in [0.5, 0.6) is 5.75 Å². The van der Waals surface area contributed by atoms with Crippen molar-refractivity contribution in [2.45, 2.75) is 25.6 Å². The van der Waals surface area contributed by atoms with Gasteiger partial charge in [-0.25, -0.2) is 0 Å². The number of likely N-dealkylation sites (tertiary alicyclic amines) is 1. The van der Waals surface area contributed by atoms with Crippen molar-refractivity contribution in [3.63, 3.8) is 0 Å². The van der Waals surface area contributed by atoms with Crippen molar-refractivity contribution in [3.05, 3.63) is 59.7 Å². The summed E-state index contributed by atoms with van der Waals surface area (Å²) >= 11 is 0. The van der Waals surface area contributed by atoms with E-state index in [9.17, 15) is 22.8 Å². The minimum Gasteiger partial charge on any atom is -0.484 e. The Kier molecular flexibility index (Phi) is 7.17. The number of ether oxygens (including phenoxy) is 1. The number of carbonyl (C=O) groups is 2. The van der Waals surface area contributed by atoms with Crippen molar-refractivity contribution >= 4 is 17.5 Å². The van der Waals surface area contributed by atoms with Crippen molar-refractivity contribution < 1.29 is 27.5 Å². The van der Waals surface area contributed by atoms with Crippen LogP contribution in [-0.4, -0.2) is 42.6 Å². The van der Waals surface area contributed by atoms with Gasteiger partial charge in [-0.3, -0.25) is 14.5 Å². The Bertz CT molecular complexity index is 899. The maximum Gasteiger partial charge on any atom is 0.422 e. The third kappa shape index (κ3) is 6.99. The molecule has 31 heavy (non-hydrogen) atoms. The highest BCUT2D eigenvalue weighted by Gasteiger charge is 2.28. The van der Waals surface area contributed by atoms with Crippen molar-refractivity contribution in [1.29, 1.82) is 0 Å². The van der Waals surface area contributed by atoms with E-state index in [0.29, 0.717) is 24.3 Å². The Morgan fingerprint density at radius 1 is 1.10 bits per heavy atom. The van der Waals surface area contributed by atoms with Gasteiger partial charge in [-0.1, -0.05) is 12.1 Å². The van der Waals surface area contributed by atoms with Gasteiger partial charge in [0.2, 0.25) is 5.91 Å². The van der Waals surface area contributed by atoms with Crippen LogP contribution < -0.4 is 15.8 Å². The summed E-state index contributed by atoms with van der Waals surface area (Å²) in [5.41, 5.74) is 7.37. The zero-order valence-corrected chi connectivity index (χ0v) is 16.8. The SMILES string of the molecule is NC(=O)C1CCCN(Cc2ccc(NC(=O)c3ccc(OCC(F)(F)F)cc3)cc2)C1.